The number of hydrogen-bond acceptors (Lipinski definition) is 3. The van der Waals surface area contributed by atoms with Gasteiger partial charge in [-0.15, -0.1) is 0 Å². The molecule has 1 unspecified atom stereocenters. The monoisotopic (exact) mass is 373 g/mol. The number of hydrogen-bond donors (Lipinski definition) is 2. The number of amides is 1. The van der Waals surface area contributed by atoms with Gasteiger partial charge in [-0.25, -0.2) is 4.39 Å². The summed E-state index contributed by atoms with van der Waals surface area (Å²) in [5, 5.41) is 12.0. The van der Waals surface area contributed by atoms with Crippen molar-refractivity contribution < 1.29 is 23.8 Å². The minimum absolute atomic E-state index is 0.0601. The lowest BCUT2D eigenvalue weighted by molar-refractivity contribution is -0.138. The summed E-state index contributed by atoms with van der Waals surface area (Å²) >= 11 is 0. The summed E-state index contributed by atoms with van der Waals surface area (Å²) in [7, 11) is 0. The molecule has 0 aliphatic rings. The van der Waals surface area contributed by atoms with Crippen LogP contribution in [-0.2, 0) is 16.0 Å². The number of aliphatic carboxylic acids is 1. The van der Waals surface area contributed by atoms with Crippen LogP contribution in [0.2, 0.25) is 0 Å². The van der Waals surface area contributed by atoms with E-state index in [2.05, 4.69) is 19.2 Å². The highest BCUT2D eigenvalue weighted by Crippen LogP contribution is 2.17. The van der Waals surface area contributed by atoms with E-state index < -0.39 is 17.7 Å². The van der Waals surface area contributed by atoms with Gasteiger partial charge in [0.25, 0.3) is 0 Å². The van der Waals surface area contributed by atoms with Crippen LogP contribution in [0.4, 0.5) is 4.39 Å². The largest absolute Gasteiger partial charge is 0.493 e. The highest BCUT2D eigenvalue weighted by atomic mass is 19.1. The van der Waals surface area contributed by atoms with Gasteiger partial charge in [0.05, 0.1) is 18.9 Å². The molecule has 5 nitrogen and oxygen atoms in total. The van der Waals surface area contributed by atoms with Gasteiger partial charge in [-0.2, -0.15) is 0 Å². The molecule has 2 rings (SSSR count). The van der Waals surface area contributed by atoms with Gasteiger partial charge in [0.1, 0.15) is 11.6 Å². The van der Waals surface area contributed by atoms with E-state index >= 15 is 0 Å². The van der Waals surface area contributed by atoms with Gasteiger partial charge in [-0.05, 0) is 41.3 Å². The van der Waals surface area contributed by atoms with E-state index in [0.29, 0.717) is 18.1 Å². The molecule has 0 aromatic heterocycles. The van der Waals surface area contributed by atoms with Crippen LogP contribution in [0.1, 0.15) is 30.9 Å². The number of benzene rings is 2. The first-order valence-corrected chi connectivity index (χ1v) is 8.82. The van der Waals surface area contributed by atoms with Gasteiger partial charge in [0, 0.05) is 6.54 Å². The Morgan fingerprint density at radius 1 is 1.07 bits per heavy atom. The zero-order valence-electron chi connectivity index (χ0n) is 15.4. The minimum Gasteiger partial charge on any atom is -0.493 e. The van der Waals surface area contributed by atoms with Crippen LogP contribution in [-0.4, -0.2) is 30.1 Å². The van der Waals surface area contributed by atoms with Gasteiger partial charge in [0.2, 0.25) is 5.91 Å². The smallest absolute Gasteiger partial charge is 0.312 e. The van der Waals surface area contributed by atoms with Crippen molar-refractivity contribution in [2.24, 2.45) is 5.92 Å². The van der Waals surface area contributed by atoms with Crippen LogP contribution < -0.4 is 10.1 Å². The topological polar surface area (TPSA) is 75.6 Å². The average Bonchev–Trinajstić information content (AvgIpc) is 2.62. The standard InChI is InChI=1S/C21H24FNO4/c1-14(2)13-27-18-9-3-15(4-10-18)11-20(24)23-12-19(21(25)26)16-5-7-17(22)8-6-16/h3-10,14,19H,11-13H2,1-2H3,(H,23,24)(H,25,26). The summed E-state index contributed by atoms with van der Waals surface area (Å²) < 4.78 is 18.6. The molecule has 0 bridgehead atoms. The highest BCUT2D eigenvalue weighted by Gasteiger charge is 2.20. The van der Waals surface area contributed by atoms with E-state index in [1.54, 1.807) is 0 Å². The lowest BCUT2D eigenvalue weighted by Gasteiger charge is -2.14. The number of halogens is 1. The number of carboxylic acid groups (broad SMARTS) is 1. The fourth-order valence-corrected chi connectivity index (χ4v) is 2.47. The summed E-state index contributed by atoms with van der Waals surface area (Å²) in [5.74, 6) is -1.55. The molecule has 0 radical (unpaired) electrons. The van der Waals surface area contributed by atoms with Crippen LogP contribution in [0.15, 0.2) is 48.5 Å². The SMILES string of the molecule is CC(C)COc1ccc(CC(=O)NCC(C(=O)O)c2ccc(F)cc2)cc1. The Morgan fingerprint density at radius 2 is 1.70 bits per heavy atom. The number of carboxylic acids is 1. The lowest BCUT2D eigenvalue weighted by atomic mass is 9.99. The van der Waals surface area contributed by atoms with Crippen LogP contribution in [0.5, 0.6) is 5.75 Å². The predicted octanol–water partition coefficient (Wildman–Crippen LogP) is 3.39. The maximum absolute atomic E-state index is 13.0. The minimum atomic E-state index is -1.08. The van der Waals surface area contributed by atoms with Crippen LogP contribution in [0.25, 0.3) is 0 Å². The zero-order chi connectivity index (χ0) is 19.8. The molecule has 0 aliphatic heterocycles. The second-order valence-electron chi connectivity index (χ2n) is 6.77. The summed E-state index contributed by atoms with van der Waals surface area (Å²) in [6.07, 6.45) is 0.139. The second-order valence-corrected chi connectivity index (χ2v) is 6.77. The van der Waals surface area contributed by atoms with Crippen molar-refractivity contribution >= 4 is 11.9 Å². The molecule has 0 heterocycles. The normalized spacial score (nSPS) is 11.9. The quantitative estimate of drug-likeness (QED) is 0.706. The van der Waals surface area contributed by atoms with Crippen molar-refractivity contribution in [3.05, 3.63) is 65.5 Å². The van der Waals surface area contributed by atoms with Crippen molar-refractivity contribution in [3.8, 4) is 5.75 Å². The third-order valence-electron chi connectivity index (χ3n) is 3.95. The molecular weight excluding hydrogens is 349 g/mol. The predicted molar refractivity (Wildman–Crippen MR) is 100 cm³/mol. The zero-order valence-corrected chi connectivity index (χ0v) is 15.4. The fourth-order valence-electron chi connectivity index (χ4n) is 2.47. The Labute approximate surface area is 158 Å². The van der Waals surface area contributed by atoms with E-state index in [1.165, 1.54) is 24.3 Å². The molecule has 2 aromatic rings. The summed E-state index contributed by atoms with van der Waals surface area (Å²) in [4.78, 5) is 23.6. The average molecular weight is 373 g/mol. The molecule has 0 aliphatic carbocycles. The van der Waals surface area contributed by atoms with Gasteiger partial charge < -0.3 is 15.2 Å². The highest BCUT2D eigenvalue weighted by molar-refractivity contribution is 5.81. The Bertz CT molecular complexity index is 757. The molecule has 6 heteroatoms. The Kier molecular flexibility index (Phi) is 7.34. The maximum Gasteiger partial charge on any atom is 0.312 e. The van der Waals surface area contributed by atoms with Gasteiger partial charge >= 0.3 is 5.97 Å². The molecule has 2 N–H and O–H groups in total. The molecule has 144 valence electrons. The molecule has 1 atom stereocenters. The van der Waals surface area contributed by atoms with Gasteiger partial charge in [0.15, 0.2) is 0 Å². The van der Waals surface area contributed by atoms with Crippen molar-refractivity contribution in [1.29, 1.82) is 0 Å². The molecule has 0 saturated heterocycles. The van der Waals surface area contributed by atoms with Gasteiger partial charge in [-0.3, -0.25) is 9.59 Å². The fraction of sp³-hybridized carbons (Fsp3) is 0.333. The van der Waals surface area contributed by atoms with Crippen molar-refractivity contribution in [2.45, 2.75) is 26.2 Å². The van der Waals surface area contributed by atoms with E-state index in [4.69, 9.17) is 4.74 Å². The summed E-state index contributed by atoms with van der Waals surface area (Å²) in [5.41, 5.74) is 1.24. The molecule has 1 amide bonds. The summed E-state index contributed by atoms with van der Waals surface area (Å²) in [6.45, 7) is 4.69. The third kappa shape index (κ3) is 6.73. The van der Waals surface area contributed by atoms with Crippen LogP contribution >= 0.6 is 0 Å². The van der Waals surface area contributed by atoms with E-state index in [9.17, 15) is 19.1 Å². The first-order valence-electron chi connectivity index (χ1n) is 8.82. The molecular formula is C21H24FNO4. The Morgan fingerprint density at radius 3 is 2.26 bits per heavy atom. The van der Waals surface area contributed by atoms with E-state index in [1.807, 2.05) is 24.3 Å². The molecule has 0 fully saturated rings. The Hall–Kier alpha value is -2.89. The molecule has 0 spiro atoms. The van der Waals surface area contributed by atoms with E-state index in [-0.39, 0.29) is 18.9 Å². The first kappa shape index (κ1) is 20.4. The van der Waals surface area contributed by atoms with Crippen molar-refractivity contribution in [1.82, 2.24) is 5.32 Å². The number of carbonyl (C=O) groups is 2. The van der Waals surface area contributed by atoms with Crippen molar-refractivity contribution in [2.75, 3.05) is 13.2 Å². The molecule has 0 saturated carbocycles. The number of rotatable bonds is 9. The lowest BCUT2D eigenvalue weighted by Crippen LogP contribution is -2.32. The van der Waals surface area contributed by atoms with Crippen molar-refractivity contribution in [3.63, 3.8) is 0 Å². The third-order valence-corrected chi connectivity index (χ3v) is 3.95. The van der Waals surface area contributed by atoms with E-state index in [0.717, 1.165) is 11.3 Å². The number of carbonyl (C=O) groups excluding carboxylic acids is 1. The molecule has 27 heavy (non-hydrogen) atoms. The maximum atomic E-state index is 13.0. The van der Waals surface area contributed by atoms with Crippen LogP contribution in [0, 0.1) is 11.7 Å². The number of nitrogens with one attached hydrogen (secondary N) is 1. The number of ether oxygens (including phenoxy) is 1. The Balaban J connectivity index is 1.88. The molecule has 2 aromatic carbocycles. The van der Waals surface area contributed by atoms with Crippen LogP contribution in [0.3, 0.4) is 0 Å². The summed E-state index contributed by atoms with van der Waals surface area (Å²) in [6, 6.07) is 12.5. The first-order chi connectivity index (χ1) is 12.8. The van der Waals surface area contributed by atoms with Gasteiger partial charge in [-0.1, -0.05) is 38.1 Å². The second kappa shape index (κ2) is 9.71.